The molecule has 0 saturated heterocycles. The largest absolute Gasteiger partial charge is 0.494 e. The molecule has 1 heterocycles. The minimum absolute atomic E-state index is 0.644. The van der Waals surface area contributed by atoms with Crippen molar-refractivity contribution >= 4 is 5.69 Å². The lowest BCUT2D eigenvalue weighted by atomic mass is 10.2. The van der Waals surface area contributed by atoms with Crippen LogP contribution in [0.4, 0.5) is 5.69 Å². The van der Waals surface area contributed by atoms with E-state index in [4.69, 9.17) is 9.15 Å². The Bertz CT molecular complexity index is 617. The molecule has 0 spiro atoms. The van der Waals surface area contributed by atoms with Crippen molar-refractivity contribution < 1.29 is 9.15 Å². The second kappa shape index (κ2) is 5.84. The fourth-order valence-corrected chi connectivity index (χ4v) is 2.68. The number of aryl methyl sites for hydroxylation is 1. The van der Waals surface area contributed by atoms with Crippen molar-refractivity contribution in [2.24, 2.45) is 5.92 Å². The van der Waals surface area contributed by atoms with E-state index in [0.717, 1.165) is 35.4 Å². The van der Waals surface area contributed by atoms with Gasteiger partial charge in [0.05, 0.1) is 13.2 Å². The number of benzene rings is 1. The molecular weight excluding hydrogens is 262 g/mol. The van der Waals surface area contributed by atoms with Crippen LogP contribution in [0, 0.1) is 12.8 Å². The molecule has 0 aliphatic heterocycles. The van der Waals surface area contributed by atoms with Crippen molar-refractivity contribution in [2.75, 3.05) is 11.9 Å². The van der Waals surface area contributed by atoms with Crippen LogP contribution < -0.4 is 10.1 Å². The highest BCUT2D eigenvalue weighted by Crippen LogP contribution is 2.47. The monoisotopic (exact) mass is 285 g/mol. The summed E-state index contributed by atoms with van der Waals surface area (Å²) >= 11 is 0. The van der Waals surface area contributed by atoms with E-state index in [0.29, 0.717) is 12.5 Å². The van der Waals surface area contributed by atoms with Crippen LogP contribution in [0.1, 0.15) is 43.3 Å². The van der Waals surface area contributed by atoms with Crippen LogP contribution in [0.3, 0.4) is 0 Å². The third-order valence-electron chi connectivity index (χ3n) is 4.12. The zero-order valence-electron chi connectivity index (χ0n) is 13.0. The Labute approximate surface area is 126 Å². The highest BCUT2D eigenvalue weighted by Gasteiger charge is 2.36. The van der Waals surface area contributed by atoms with Crippen molar-refractivity contribution in [3.05, 3.63) is 47.4 Å². The van der Waals surface area contributed by atoms with Crippen LogP contribution in [0.2, 0.25) is 0 Å². The number of anilines is 1. The predicted molar refractivity (Wildman–Crippen MR) is 84.9 cm³/mol. The van der Waals surface area contributed by atoms with E-state index in [-0.39, 0.29) is 0 Å². The van der Waals surface area contributed by atoms with Gasteiger partial charge in [-0.15, -0.1) is 0 Å². The first-order valence-corrected chi connectivity index (χ1v) is 7.73. The summed E-state index contributed by atoms with van der Waals surface area (Å²) in [6.45, 7) is 7.77. The Kier molecular flexibility index (Phi) is 3.91. The van der Waals surface area contributed by atoms with Gasteiger partial charge in [0.15, 0.2) is 0 Å². The molecule has 1 aromatic carbocycles. The fourth-order valence-electron chi connectivity index (χ4n) is 2.68. The summed E-state index contributed by atoms with van der Waals surface area (Å²) in [6, 6.07) is 10.3. The van der Waals surface area contributed by atoms with Crippen molar-refractivity contribution in [1.29, 1.82) is 0 Å². The number of rotatable bonds is 6. The number of furan rings is 1. The van der Waals surface area contributed by atoms with E-state index < -0.39 is 0 Å². The molecule has 112 valence electrons. The summed E-state index contributed by atoms with van der Waals surface area (Å²) in [5, 5.41) is 3.43. The first-order valence-electron chi connectivity index (χ1n) is 7.73. The van der Waals surface area contributed by atoms with Crippen molar-refractivity contribution in [2.45, 2.75) is 39.7 Å². The minimum atomic E-state index is 0.644. The summed E-state index contributed by atoms with van der Waals surface area (Å²) in [6.07, 6.45) is 1.26. The van der Waals surface area contributed by atoms with Gasteiger partial charge in [0.1, 0.15) is 17.3 Å². The van der Waals surface area contributed by atoms with E-state index in [2.05, 4.69) is 43.4 Å². The van der Waals surface area contributed by atoms with Crippen molar-refractivity contribution in [3.63, 3.8) is 0 Å². The molecule has 3 heteroatoms. The molecule has 1 aromatic heterocycles. The lowest BCUT2D eigenvalue weighted by Gasteiger charge is -2.10. The van der Waals surface area contributed by atoms with Gasteiger partial charge in [0.25, 0.3) is 0 Å². The van der Waals surface area contributed by atoms with Gasteiger partial charge >= 0.3 is 0 Å². The molecule has 2 unspecified atom stereocenters. The van der Waals surface area contributed by atoms with Crippen LogP contribution in [0.15, 0.2) is 34.7 Å². The van der Waals surface area contributed by atoms with Crippen molar-refractivity contribution in [3.8, 4) is 5.75 Å². The molecule has 1 N–H and O–H groups in total. The normalized spacial score (nSPS) is 20.3. The third-order valence-corrected chi connectivity index (χ3v) is 4.12. The maximum absolute atomic E-state index is 5.91. The van der Waals surface area contributed by atoms with Gasteiger partial charge < -0.3 is 14.5 Å². The second-order valence-corrected chi connectivity index (χ2v) is 5.89. The Morgan fingerprint density at radius 1 is 1.29 bits per heavy atom. The average Bonchev–Trinajstić information content (AvgIpc) is 3.00. The van der Waals surface area contributed by atoms with E-state index in [1.807, 2.05) is 13.0 Å². The van der Waals surface area contributed by atoms with Crippen LogP contribution in [-0.2, 0) is 6.54 Å². The summed E-state index contributed by atoms with van der Waals surface area (Å²) in [4.78, 5) is 0. The fraction of sp³-hybridized carbons (Fsp3) is 0.444. The molecule has 3 rings (SSSR count). The van der Waals surface area contributed by atoms with Gasteiger partial charge in [0, 0.05) is 11.6 Å². The van der Waals surface area contributed by atoms with Crippen LogP contribution in [0.5, 0.6) is 5.75 Å². The Morgan fingerprint density at radius 3 is 2.76 bits per heavy atom. The molecule has 0 amide bonds. The number of nitrogens with one attached hydrogen (secondary N) is 1. The zero-order valence-corrected chi connectivity index (χ0v) is 13.0. The first kappa shape index (κ1) is 14.1. The smallest absolute Gasteiger partial charge is 0.123 e. The van der Waals surface area contributed by atoms with Gasteiger partial charge in [-0.25, -0.2) is 0 Å². The van der Waals surface area contributed by atoms with Gasteiger partial charge in [-0.1, -0.05) is 6.92 Å². The SMILES string of the molecule is CCOc1ccc(NCc2ccc(C3CC3C)o2)c(C)c1. The molecule has 1 fully saturated rings. The molecular formula is C18H23NO2. The maximum Gasteiger partial charge on any atom is 0.123 e. The molecule has 2 atom stereocenters. The average molecular weight is 285 g/mol. The molecule has 1 aliphatic rings. The second-order valence-electron chi connectivity index (χ2n) is 5.89. The molecule has 1 aliphatic carbocycles. The van der Waals surface area contributed by atoms with E-state index in [9.17, 15) is 0 Å². The van der Waals surface area contributed by atoms with Crippen molar-refractivity contribution in [1.82, 2.24) is 0 Å². The molecule has 1 saturated carbocycles. The predicted octanol–water partition coefficient (Wildman–Crippen LogP) is 4.72. The number of ether oxygens (including phenoxy) is 1. The van der Waals surface area contributed by atoms with E-state index >= 15 is 0 Å². The lowest BCUT2D eigenvalue weighted by Crippen LogP contribution is -2.00. The molecule has 3 nitrogen and oxygen atoms in total. The zero-order chi connectivity index (χ0) is 14.8. The van der Waals surface area contributed by atoms with Gasteiger partial charge in [-0.05, 0) is 62.1 Å². The summed E-state index contributed by atoms with van der Waals surface area (Å²) in [5.41, 5.74) is 2.31. The summed E-state index contributed by atoms with van der Waals surface area (Å²) in [7, 11) is 0. The summed E-state index contributed by atoms with van der Waals surface area (Å²) < 4.78 is 11.4. The highest BCUT2D eigenvalue weighted by molar-refractivity contribution is 5.53. The van der Waals surface area contributed by atoms with Gasteiger partial charge in [-0.2, -0.15) is 0 Å². The highest BCUT2D eigenvalue weighted by atomic mass is 16.5. The minimum Gasteiger partial charge on any atom is -0.494 e. The third kappa shape index (κ3) is 3.23. The van der Waals surface area contributed by atoms with Crippen LogP contribution in [0.25, 0.3) is 0 Å². The number of hydrogen-bond acceptors (Lipinski definition) is 3. The maximum atomic E-state index is 5.91. The van der Waals surface area contributed by atoms with E-state index in [1.165, 1.54) is 12.0 Å². The standard InChI is InChI=1S/C18H23NO2/c1-4-20-14-5-7-17(13(3)9-14)19-11-15-6-8-18(21-15)16-10-12(16)2/h5-9,12,16,19H,4,10-11H2,1-3H3. The Hall–Kier alpha value is -1.90. The number of hydrogen-bond donors (Lipinski definition) is 1. The Balaban J connectivity index is 1.60. The molecule has 2 aromatic rings. The molecule has 0 bridgehead atoms. The molecule has 21 heavy (non-hydrogen) atoms. The topological polar surface area (TPSA) is 34.4 Å². The van der Waals surface area contributed by atoms with Gasteiger partial charge in [0.2, 0.25) is 0 Å². The van der Waals surface area contributed by atoms with Crippen LogP contribution in [-0.4, -0.2) is 6.61 Å². The van der Waals surface area contributed by atoms with E-state index in [1.54, 1.807) is 0 Å². The van der Waals surface area contributed by atoms with Crippen LogP contribution >= 0.6 is 0 Å². The first-order chi connectivity index (χ1) is 10.2. The molecule has 0 radical (unpaired) electrons. The quantitative estimate of drug-likeness (QED) is 0.833. The summed E-state index contributed by atoms with van der Waals surface area (Å²) in [5.74, 6) is 4.49. The Morgan fingerprint density at radius 2 is 2.10 bits per heavy atom. The van der Waals surface area contributed by atoms with Gasteiger partial charge in [-0.3, -0.25) is 0 Å². The lowest BCUT2D eigenvalue weighted by molar-refractivity contribution is 0.340.